The maximum Gasteiger partial charge on any atom is 0.0739 e. The smallest absolute Gasteiger partial charge is 0.0739 e. The van der Waals surface area contributed by atoms with Crippen LogP contribution in [0.5, 0.6) is 0 Å². The summed E-state index contributed by atoms with van der Waals surface area (Å²) in [5.41, 5.74) is 10.9. The van der Waals surface area contributed by atoms with Crippen molar-refractivity contribution in [3.05, 3.63) is 144 Å². The first-order valence-corrected chi connectivity index (χ1v) is 13.4. The van der Waals surface area contributed by atoms with Crippen molar-refractivity contribution in [2.24, 2.45) is 0 Å². The predicted molar refractivity (Wildman–Crippen MR) is 153 cm³/mol. The predicted octanol–water partition coefficient (Wildman–Crippen LogP) is 9.55. The number of hydrogen-bond donors (Lipinski definition) is 0. The summed E-state index contributed by atoms with van der Waals surface area (Å²) in [6.07, 6.45) is 0. The molecule has 1 aromatic heterocycles. The van der Waals surface area contributed by atoms with Crippen molar-refractivity contribution in [1.82, 2.24) is 0 Å². The zero-order valence-electron chi connectivity index (χ0n) is 19.5. The summed E-state index contributed by atoms with van der Waals surface area (Å²) in [6, 6.07) is 45.4. The number of benzene rings is 6. The molecule has 166 valence electrons. The maximum atomic E-state index is 2.39. The quantitative estimate of drug-likeness (QED) is 0.206. The third-order valence-electron chi connectivity index (χ3n) is 8.48. The Kier molecular flexibility index (Phi) is 3.45. The zero-order valence-corrected chi connectivity index (χ0v) is 20.3. The highest BCUT2D eigenvalue weighted by molar-refractivity contribution is 7.27. The van der Waals surface area contributed by atoms with E-state index in [1.807, 2.05) is 11.3 Å². The fraction of sp³-hybridized carbons (Fsp3) is 0.0286. The number of hydrogen-bond acceptors (Lipinski definition) is 1. The fourth-order valence-corrected chi connectivity index (χ4v) is 8.58. The number of thiophene rings is 1. The monoisotopic (exact) mass is 472 g/mol. The van der Waals surface area contributed by atoms with Crippen molar-refractivity contribution in [2.75, 3.05) is 0 Å². The second-order valence-electron chi connectivity index (χ2n) is 10.0. The van der Waals surface area contributed by atoms with Gasteiger partial charge >= 0.3 is 0 Å². The highest BCUT2D eigenvalue weighted by Crippen LogP contribution is 2.64. The van der Waals surface area contributed by atoms with Gasteiger partial charge in [-0.3, -0.25) is 0 Å². The largest absolute Gasteiger partial charge is 0.134 e. The minimum Gasteiger partial charge on any atom is -0.134 e. The van der Waals surface area contributed by atoms with Gasteiger partial charge in [-0.05, 0) is 55.3 Å². The van der Waals surface area contributed by atoms with Gasteiger partial charge < -0.3 is 0 Å². The van der Waals surface area contributed by atoms with Crippen molar-refractivity contribution in [1.29, 1.82) is 0 Å². The SMILES string of the molecule is c1ccc2c(c1)-c1ccccc1C21c2ccccc2-c2ccc3c(sc4c5ccccc5ccc34)c21. The van der Waals surface area contributed by atoms with E-state index in [4.69, 9.17) is 0 Å². The van der Waals surface area contributed by atoms with Gasteiger partial charge in [0.05, 0.1) is 5.41 Å². The highest BCUT2D eigenvalue weighted by atomic mass is 32.1. The summed E-state index contributed by atoms with van der Waals surface area (Å²) in [6.45, 7) is 0. The second kappa shape index (κ2) is 6.51. The molecule has 2 aliphatic carbocycles. The molecule has 0 radical (unpaired) electrons. The van der Waals surface area contributed by atoms with E-state index < -0.39 is 0 Å². The van der Waals surface area contributed by atoms with E-state index in [0.717, 1.165) is 0 Å². The molecule has 0 saturated carbocycles. The van der Waals surface area contributed by atoms with Crippen LogP contribution < -0.4 is 0 Å². The minimum atomic E-state index is -0.296. The second-order valence-corrected chi connectivity index (χ2v) is 11.0. The summed E-state index contributed by atoms with van der Waals surface area (Å²) in [4.78, 5) is 0. The summed E-state index contributed by atoms with van der Waals surface area (Å²) >= 11 is 1.98. The van der Waals surface area contributed by atoms with E-state index in [9.17, 15) is 0 Å². The van der Waals surface area contributed by atoms with Crippen LogP contribution in [0.1, 0.15) is 22.3 Å². The minimum absolute atomic E-state index is 0.296. The Labute approximate surface area is 213 Å². The number of fused-ring (bicyclic) bond motifs is 16. The van der Waals surface area contributed by atoms with E-state index in [1.165, 1.54) is 75.5 Å². The Morgan fingerprint density at radius 1 is 0.389 bits per heavy atom. The molecule has 0 nitrogen and oxygen atoms in total. The molecule has 0 fully saturated rings. The first-order valence-electron chi connectivity index (χ1n) is 12.5. The van der Waals surface area contributed by atoms with Gasteiger partial charge in [0.2, 0.25) is 0 Å². The van der Waals surface area contributed by atoms with Crippen molar-refractivity contribution < 1.29 is 0 Å². The van der Waals surface area contributed by atoms with Gasteiger partial charge in [0.25, 0.3) is 0 Å². The highest BCUT2D eigenvalue weighted by Gasteiger charge is 2.52. The van der Waals surface area contributed by atoms with E-state index >= 15 is 0 Å². The summed E-state index contributed by atoms with van der Waals surface area (Å²) in [5.74, 6) is 0. The van der Waals surface area contributed by atoms with Gasteiger partial charge in [-0.1, -0.05) is 121 Å². The summed E-state index contributed by atoms with van der Waals surface area (Å²) in [7, 11) is 0. The van der Waals surface area contributed by atoms with Gasteiger partial charge in [0.1, 0.15) is 0 Å². The molecule has 0 unspecified atom stereocenters. The van der Waals surface area contributed by atoms with Crippen LogP contribution in [0.15, 0.2) is 121 Å². The molecule has 7 aromatic rings. The molecule has 36 heavy (non-hydrogen) atoms. The van der Waals surface area contributed by atoms with Crippen LogP contribution in [-0.4, -0.2) is 0 Å². The molecule has 1 spiro atoms. The van der Waals surface area contributed by atoms with Crippen LogP contribution >= 0.6 is 11.3 Å². The molecule has 1 heteroatoms. The number of rotatable bonds is 0. The standard InChI is InChI=1S/C35H20S/c1-2-10-22-21(9-1)17-18-27-28-20-19-26-25-13-5-8-16-31(25)35(32(26)34(28)36-33(22)27)29-14-6-3-11-23(29)24-12-4-7-15-30(24)35/h1-20H. The van der Waals surface area contributed by atoms with Crippen molar-refractivity contribution >= 4 is 42.3 Å². The maximum absolute atomic E-state index is 2.39. The van der Waals surface area contributed by atoms with Crippen LogP contribution in [0.25, 0.3) is 53.2 Å². The lowest BCUT2D eigenvalue weighted by molar-refractivity contribution is 0.802. The van der Waals surface area contributed by atoms with Crippen molar-refractivity contribution in [2.45, 2.75) is 5.41 Å². The van der Waals surface area contributed by atoms with Gasteiger partial charge in [-0.15, -0.1) is 11.3 Å². The van der Waals surface area contributed by atoms with Gasteiger partial charge in [-0.25, -0.2) is 0 Å². The zero-order chi connectivity index (χ0) is 23.4. The molecule has 0 N–H and O–H groups in total. The van der Waals surface area contributed by atoms with Gasteiger partial charge in [0, 0.05) is 20.2 Å². The fourth-order valence-electron chi connectivity index (χ4n) is 7.14. The molecule has 0 bridgehead atoms. The molecular formula is C35H20S. The van der Waals surface area contributed by atoms with Crippen LogP contribution in [0.2, 0.25) is 0 Å². The molecule has 0 amide bonds. The Balaban J connectivity index is 1.54. The Morgan fingerprint density at radius 2 is 0.917 bits per heavy atom. The first-order chi connectivity index (χ1) is 17.9. The lowest BCUT2D eigenvalue weighted by Crippen LogP contribution is -2.25. The van der Waals surface area contributed by atoms with Crippen LogP contribution in [-0.2, 0) is 5.41 Å². The Morgan fingerprint density at radius 3 is 1.61 bits per heavy atom. The molecule has 6 aromatic carbocycles. The third kappa shape index (κ3) is 2.05. The molecule has 1 heterocycles. The summed E-state index contributed by atoms with van der Waals surface area (Å²) < 4.78 is 2.81. The van der Waals surface area contributed by atoms with Gasteiger partial charge in [-0.2, -0.15) is 0 Å². The molecule has 0 aliphatic heterocycles. The van der Waals surface area contributed by atoms with Crippen molar-refractivity contribution in [3.63, 3.8) is 0 Å². The lowest BCUT2D eigenvalue weighted by atomic mass is 9.70. The van der Waals surface area contributed by atoms with E-state index in [2.05, 4.69) is 121 Å². The van der Waals surface area contributed by atoms with Crippen LogP contribution in [0.3, 0.4) is 0 Å². The van der Waals surface area contributed by atoms with Gasteiger partial charge in [0.15, 0.2) is 0 Å². The first kappa shape index (κ1) is 19.0. The topological polar surface area (TPSA) is 0 Å². The van der Waals surface area contributed by atoms with E-state index in [0.29, 0.717) is 0 Å². The average molecular weight is 473 g/mol. The Bertz CT molecular complexity index is 1990. The normalized spacial score (nSPS) is 14.3. The van der Waals surface area contributed by atoms with Crippen molar-refractivity contribution in [3.8, 4) is 22.3 Å². The van der Waals surface area contributed by atoms with E-state index in [-0.39, 0.29) is 5.41 Å². The lowest BCUT2D eigenvalue weighted by Gasteiger charge is -2.30. The molecule has 2 aliphatic rings. The Hall–Kier alpha value is -4.20. The van der Waals surface area contributed by atoms with E-state index in [1.54, 1.807) is 0 Å². The molecule has 9 rings (SSSR count). The average Bonchev–Trinajstić information content (AvgIpc) is 3.57. The molecule has 0 atom stereocenters. The molecular weight excluding hydrogens is 452 g/mol. The van der Waals surface area contributed by atoms with Crippen LogP contribution in [0.4, 0.5) is 0 Å². The molecule has 0 saturated heterocycles. The third-order valence-corrected chi connectivity index (χ3v) is 9.75. The summed E-state index contributed by atoms with van der Waals surface area (Å²) in [5, 5.41) is 5.39. The van der Waals surface area contributed by atoms with Crippen LogP contribution in [0, 0.1) is 0 Å².